The van der Waals surface area contributed by atoms with Gasteiger partial charge in [-0.1, -0.05) is 0 Å². The molecule has 0 fully saturated rings. The number of aromatic nitrogens is 2. The highest BCUT2D eigenvalue weighted by molar-refractivity contribution is 7.99. The van der Waals surface area contributed by atoms with E-state index in [0.717, 1.165) is 28.8 Å². The van der Waals surface area contributed by atoms with Gasteiger partial charge in [0.25, 0.3) is 0 Å². The Hall–Kier alpha value is -0.650. The molecule has 1 aliphatic carbocycles. The number of nitrogens with zero attached hydrogens (tertiary/aromatic N) is 2. The van der Waals surface area contributed by atoms with Gasteiger partial charge in [0.05, 0.1) is 6.61 Å². The molecule has 1 aliphatic rings. The van der Waals surface area contributed by atoms with Gasteiger partial charge in [-0.25, -0.2) is 9.97 Å². The van der Waals surface area contributed by atoms with Gasteiger partial charge in [0, 0.05) is 22.6 Å². The lowest BCUT2D eigenvalue weighted by Gasteiger charge is -2.03. The average molecular weight is 280 g/mol. The lowest BCUT2D eigenvalue weighted by molar-refractivity contribution is 0.164. The Morgan fingerprint density at radius 1 is 1.39 bits per heavy atom. The van der Waals surface area contributed by atoms with Crippen molar-refractivity contribution < 1.29 is 4.74 Å². The maximum atomic E-state index is 5.38. The Morgan fingerprint density at radius 2 is 2.33 bits per heavy atom. The molecule has 0 unspecified atom stereocenters. The molecule has 2 aromatic rings. The van der Waals surface area contributed by atoms with Crippen LogP contribution in [0.4, 0.5) is 0 Å². The summed E-state index contributed by atoms with van der Waals surface area (Å²) in [5.41, 5.74) is 1.51. The molecule has 2 aromatic heterocycles. The van der Waals surface area contributed by atoms with E-state index in [1.165, 1.54) is 35.1 Å². The fraction of sp³-hybridized carbons (Fsp3) is 0.538. The number of thioether (sulfide) groups is 1. The van der Waals surface area contributed by atoms with Gasteiger partial charge >= 0.3 is 0 Å². The molecule has 2 heterocycles. The number of ether oxygens (including phenoxy) is 1. The maximum absolute atomic E-state index is 5.38. The second-order valence-corrected chi connectivity index (χ2v) is 6.43. The summed E-state index contributed by atoms with van der Waals surface area (Å²) in [5.74, 6) is 0.963. The summed E-state index contributed by atoms with van der Waals surface area (Å²) in [7, 11) is 0. The SMILES string of the molecule is CCOCCSc1ncnc2sc3c(c12)CCC3. The number of aryl methyl sites for hydroxylation is 2. The van der Waals surface area contributed by atoms with Crippen LogP contribution in [0.3, 0.4) is 0 Å². The van der Waals surface area contributed by atoms with E-state index in [-0.39, 0.29) is 0 Å². The molecule has 0 N–H and O–H groups in total. The van der Waals surface area contributed by atoms with E-state index >= 15 is 0 Å². The zero-order valence-corrected chi connectivity index (χ0v) is 12.1. The Balaban J connectivity index is 1.87. The average Bonchev–Trinajstić information content (AvgIpc) is 2.94. The molecule has 0 bridgehead atoms. The molecule has 0 saturated carbocycles. The molecular formula is C13H16N2OS2. The molecule has 5 heteroatoms. The minimum atomic E-state index is 0.785. The second kappa shape index (κ2) is 5.55. The third-order valence-electron chi connectivity index (χ3n) is 3.14. The van der Waals surface area contributed by atoms with E-state index in [4.69, 9.17) is 4.74 Å². The topological polar surface area (TPSA) is 35.0 Å². The molecule has 0 aliphatic heterocycles. The predicted molar refractivity (Wildman–Crippen MR) is 76.7 cm³/mol. The molecule has 3 rings (SSSR count). The molecule has 0 amide bonds. The van der Waals surface area contributed by atoms with Gasteiger partial charge in [0.15, 0.2) is 0 Å². The van der Waals surface area contributed by atoms with Crippen LogP contribution in [0.25, 0.3) is 10.2 Å². The van der Waals surface area contributed by atoms with Crippen LogP contribution in [0, 0.1) is 0 Å². The van der Waals surface area contributed by atoms with Crippen molar-refractivity contribution in [2.75, 3.05) is 19.0 Å². The van der Waals surface area contributed by atoms with Crippen molar-refractivity contribution in [3.8, 4) is 0 Å². The van der Waals surface area contributed by atoms with Crippen molar-refractivity contribution >= 4 is 33.3 Å². The molecule has 0 spiro atoms. The van der Waals surface area contributed by atoms with E-state index in [9.17, 15) is 0 Å². The van der Waals surface area contributed by atoms with Gasteiger partial charge in [-0.15, -0.1) is 23.1 Å². The van der Waals surface area contributed by atoms with Crippen molar-refractivity contribution in [2.24, 2.45) is 0 Å². The third-order valence-corrected chi connectivity index (χ3v) is 5.29. The molecule has 0 aromatic carbocycles. The van der Waals surface area contributed by atoms with E-state index in [1.807, 2.05) is 18.3 Å². The van der Waals surface area contributed by atoms with Crippen LogP contribution in [0.15, 0.2) is 11.4 Å². The minimum absolute atomic E-state index is 0.785. The van der Waals surface area contributed by atoms with Crippen LogP contribution in [-0.2, 0) is 17.6 Å². The number of hydrogen-bond acceptors (Lipinski definition) is 5. The number of rotatable bonds is 5. The van der Waals surface area contributed by atoms with Crippen molar-refractivity contribution in [3.63, 3.8) is 0 Å². The monoisotopic (exact) mass is 280 g/mol. The third kappa shape index (κ3) is 2.27. The molecule has 18 heavy (non-hydrogen) atoms. The molecule has 96 valence electrons. The quantitative estimate of drug-likeness (QED) is 0.478. The van der Waals surface area contributed by atoms with Gasteiger partial charge in [-0.05, 0) is 31.7 Å². The lowest BCUT2D eigenvalue weighted by atomic mass is 10.2. The Bertz CT molecular complexity index is 553. The van der Waals surface area contributed by atoms with Crippen molar-refractivity contribution in [3.05, 3.63) is 16.8 Å². The first kappa shape index (κ1) is 12.4. The number of thiophene rings is 1. The van der Waals surface area contributed by atoms with Gasteiger partial charge < -0.3 is 4.74 Å². The van der Waals surface area contributed by atoms with Crippen LogP contribution in [-0.4, -0.2) is 28.9 Å². The molecule has 3 nitrogen and oxygen atoms in total. The van der Waals surface area contributed by atoms with Crippen LogP contribution < -0.4 is 0 Å². The Kier molecular flexibility index (Phi) is 3.82. The normalized spacial score (nSPS) is 14.3. The van der Waals surface area contributed by atoms with Crippen LogP contribution in [0.2, 0.25) is 0 Å². The standard InChI is InChI=1S/C13H16N2OS2/c1-2-16-6-7-17-12-11-9-4-3-5-10(9)18-13(11)15-8-14-12/h8H,2-7H2,1H3. The maximum Gasteiger partial charge on any atom is 0.128 e. The zero-order chi connectivity index (χ0) is 12.4. The summed E-state index contributed by atoms with van der Waals surface area (Å²) < 4.78 is 5.38. The minimum Gasteiger partial charge on any atom is -0.381 e. The zero-order valence-electron chi connectivity index (χ0n) is 10.4. The van der Waals surface area contributed by atoms with E-state index in [2.05, 4.69) is 9.97 Å². The Morgan fingerprint density at radius 3 is 3.22 bits per heavy atom. The first-order chi connectivity index (χ1) is 8.90. The lowest BCUT2D eigenvalue weighted by Crippen LogP contribution is -1.97. The highest BCUT2D eigenvalue weighted by Gasteiger charge is 2.20. The largest absolute Gasteiger partial charge is 0.381 e. The van der Waals surface area contributed by atoms with E-state index in [0.29, 0.717) is 0 Å². The van der Waals surface area contributed by atoms with E-state index < -0.39 is 0 Å². The highest BCUT2D eigenvalue weighted by Crippen LogP contribution is 2.39. The summed E-state index contributed by atoms with van der Waals surface area (Å²) in [6.07, 6.45) is 5.40. The van der Waals surface area contributed by atoms with Gasteiger partial charge in [0.1, 0.15) is 16.2 Å². The first-order valence-electron chi connectivity index (χ1n) is 6.36. The summed E-state index contributed by atoms with van der Waals surface area (Å²) >= 11 is 3.64. The number of fused-ring (bicyclic) bond motifs is 3. The van der Waals surface area contributed by atoms with E-state index in [1.54, 1.807) is 18.1 Å². The molecule has 0 saturated heterocycles. The van der Waals surface area contributed by atoms with Crippen molar-refractivity contribution in [2.45, 2.75) is 31.2 Å². The van der Waals surface area contributed by atoms with Gasteiger partial charge in [-0.3, -0.25) is 0 Å². The predicted octanol–water partition coefficient (Wildman–Crippen LogP) is 3.31. The Labute approximate surface area is 115 Å². The number of hydrogen-bond donors (Lipinski definition) is 0. The molecule has 0 radical (unpaired) electrons. The second-order valence-electron chi connectivity index (χ2n) is 4.26. The summed E-state index contributed by atoms with van der Waals surface area (Å²) in [6.45, 7) is 3.60. The fourth-order valence-corrected chi connectivity index (χ4v) is 4.52. The molecule has 0 atom stereocenters. The van der Waals surface area contributed by atoms with Crippen molar-refractivity contribution in [1.29, 1.82) is 0 Å². The van der Waals surface area contributed by atoms with Crippen molar-refractivity contribution in [1.82, 2.24) is 9.97 Å². The summed E-state index contributed by atoms with van der Waals surface area (Å²) in [5, 5.41) is 2.45. The first-order valence-corrected chi connectivity index (χ1v) is 8.16. The smallest absolute Gasteiger partial charge is 0.128 e. The fourth-order valence-electron chi connectivity index (χ4n) is 2.35. The van der Waals surface area contributed by atoms with Gasteiger partial charge in [0.2, 0.25) is 0 Å². The highest BCUT2D eigenvalue weighted by atomic mass is 32.2. The van der Waals surface area contributed by atoms with Crippen LogP contribution in [0.5, 0.6) is 0 Å². The van der Waals surface area contributed by atoms with Crippen LogP contribution in [0.1, 0.15) is 23.8 Å². The summed E-state index contributed by atoms with van der Waals surface area (Å²) in [4.78, 5) is 11.6. The summed E-state index contributed by atoms with van der Waals surface area (Å²) in [6, 6.07) is 0. The van der Waals surface area contributed by atoms with Crippen LogP contribution >= 0.6 is 23.1 Å². The van der Waals surface area contributed by atoms with Gasteiger partial charge in [-0.2, -0.15) is 0 Å². The molecular weight excluding hydrogens is 264 g/mol.